The van der Waals surface area contributed by atoms with Gasteiger partial charge in [-0.15, -0.1) is 11.3 Å². The predicted octanol–water partition coefficient (Wildman–Crippen LogP) is 4.63. The monoisotopic (exact) mass is 370 g/mol. The molecular formula is C11H7BrClF3N2S. The van der Waals surface area contributed by atoms with Crippen molar-refractivity contribution in [3.63, 3.8) is 0 Å². The number of nitrogens with zero attached hydrogens (tertiary/aromatic N) is 1. The molecule has 8 heteroatoms. The molecule has 1 heterocycles. The Morgan fingerprint density at radius 1 is 1.37 bits per heavy atom. The summed E-state index contributed by atoms with van der Waals surface area (Å²) in [6, 6.07) is 4.26. The third-order valence-electron chi connectivity index (χ3n) is 2.37. The van der Waals surface area contributed by atoms with E-state index in [4.69, 9.17) is 17.3 Å². The molecule has 2 nitrogen and oxygen atoms in total. The first-order chi connectivity index (χ1) is 8.79. The molecule has 0 saturated carbocycles. The highest BCUT2D eigenvalue weighted by molar-refractivity contribution is 9.10. The first-order valence-electron chi connectivity index (χ1n) is 5.02. The van der Waals surface area contributed by atoms with Crippen molar-refractivity contribution in [1.82, 2.24) is 4.98 Å². The van der Waals surface area contributed by atoms with E-state index in [0.717, 1.165) is 6.20 Å². The van der Waals surface area contributed by atoms with Gasteiger partial charge in [-0.2, -0.15) is 13.2 Å². The molecule has 0 saturated heterocycles. The minimum absolute atomic E-state index is 0.343. The number of benzene rings is 1. The molecule has 1 aromatic carbocycles. The first-order valence-corrected chi connectivity index (χ1v) is 7.01. The van der Waals surface area contributed by atoms with Gasteiger partial charge in [-0.05, 0) is 17.7 Å². The third-order valence-corrected chi connectivity index (χ3v) is 4.42. The van der Waals surface area contributed by atoms with E-state index in [1.54, 1.807) is 18.2 Å². The summed E-state index contributed by atoms with van der Waals surface area (Å²) in [7, 11) is 0. The van der Waals surface area contributed by atoms with E-state index in [2.05, 4.69) is 20.9 Å². The lowest BCUT2D eigenvalue weighted by atomic mass is 10.1. The van der Waals surface area contributed by atoms with Crippen LogP contribution in [0.2, 0.25) is 5.02 Å². The maximum atomic E-state index is 12.5. The van der Waals surface area contributed by atoms with Crippen molar-refractivity contribution in [3.8, 4) is 0 Å². The van der Waals surface area contributed by atoms with Gasteiger partial charge in [0, 0.05) is 20.6 Å². The second-order valence-electron chi connectivity index (χ2n) is 3.71. The zero-order chi connectivity index (χ0) is 14.2. The Balaban J connectivity index is 2.34. The molecule has 0 aliphatic rings. The lowest BCUT2D eigenvalue weighted by Crippen LogP contribution is -2.10. The molecule has 2 N–H and O–H groups in total. The predicted molar refractivity (Wildman–Crippen MR) is 72.3 cm³/mol. The Bertz CT molecular complexity index is 600. The maximum absolute atomic E-state index is 12.5. The van der Waals surface area contributed by atoms with Crippen molar-refractivity contribution in [2.24, 2.45) is 5.73 Å². The van der Waals surface area contributed by atoms with Crippen LogP contribution in [0.4, 0.5) is 13.2 Å². The molecule has 1 atom stereocenters. The molecule has 1 unspecified atom stereocenters. The van der Waals surface area contributed by atoms with E-state index in [-0.39, 0.29) is 0 Å². The molecule has 0 aliphatic carbocycles. The van der Waals surface area contributed by atoms with Crippen LogP contribution >= 0.6 is 38.9 Å². The number of aromatic nitrogens is 1. The van der Waals surface area contributed by atoms with E-state index >= 15 is 0 Å². The summed E-state index contributed by atoms with van der Waals surface area (Å²) in [6.07, 6.45) is -3.29. The minimum atomic E-state index is -4.44. The first kappa shape index (κ1) is 14.8. The van der Waals surface area contributed by atoms with Crippen LogP contribution in [0.15, 0.2) is 28.9 Å². The Hall–Kier alpha value is -0.630. The number of hydrogen-bond donors (Lipinski definition) is 1. The largest absolute Gasteiger partial charge is 0.443 e. The summed E-state index contributed by atoms with van der Waals surface area (Å²) in [5.74, 6) is 0. The molecule has 0 fully saturated rings. The fourth-order valence-electron chi connectivity index (χ4n) is 1.47. The highest BCUT2D eigenvalue weighted by atomic mass is 79.9. The molecule has 0 radical (unpaired) electrons. The second-order valence-corrected chi connectivity index (χ2v) is 6.06. The molecule has 0 bridgehead atoms. The zero-order valence-electron chi connectivity index (χ0n) is 9.21. The summed E-state index contributed by atoms with van der Waals surface area (Å²) in [6.45, 7) is 0. The Morgan fingerprint density at radius 2 is 2.05 bits per heavy atom. The van der Waals surface area contributed by atoms with Crippen molar-refractivity contribution in [2.45, 2.75) is 12.2 Å². The van der Waals surface area contributed by atoms with Crippen LogP contribution in [0.25, 0.3) is 0 Å². The van der Waals surface area contributed by atoms with Crippen molar-refractivity contribution >= 4 is 38.9 Å². The highest BCUT2D eigenvalue weighted by Crippen LogP contribution is 2.36. The van der Waals surface area contributed by atoms with Gasteiger partial charge in [-0.3, -0.25) is 0 Å². The van der Waals surface area contributed by atoms with E-state index < -0.39 is 17.2 Å². The SMILES string of the molecule is NC(c1cnc(C(F)(F)F)s1)c1ccc(Cl)cc1Br. The zero-order valence-corrected chi connectivity index (χ0v) is 12.4. The van der Waals surface area contributed by atoms with Gasteiger partial charge in [0.25, 0.3) is 0 Å². The summed E-state index contributed by atoms with van der Waals surface area (Å²) < 4.78 is 38.1. The fraction of sp³-hybridized carbons (Fsp3) is 0.182. The average Bonchev–Trinajstić information content (AvgIpc) is 2.76. The number of alkyl halides is 3. The van der Waals surface area contributed by atoms with E-state index in [1.165, 1.54) is 0 Å². The highest BCUT2D eigenvalue weighted by Gasteiger charge is 2.35. The van der Waals surface area contributed by atoms with Crippen molar-refractivity contribution in [3.05, 3.63) is 49.3 Å². The smallest absolute Gasteiger partial charge is 0.320 e. The van der Waals surface area contributed by atoms with Crippen LogP contribution in [-0.4, -0.2) is 4.98 Å². The summed E-state index contributed by atoms with van der Waals surface area (Å²) >= 11 is 9.63. The number of thiazole rings is 1. The van der Waals surface area contributed by atoms with Crippen molar-refractivity contribution in [2.75, 3.05) is 0 Å². The molecule has 0 aliphatic heterocycles. The Kier molecular flexibility index (Phi) is 4.20. The van der Waals surface area contributed by atoms with Crippen LogP contribution in [0, 0.1) is 0 Å². The molecule has 1 aromatic heterocycles. The van der Waals surface area contributed by atoms with Crippen molar-refractivity contribution in [1.29, 1.82) is 0 Å². The van der Waals surface area contributed by atoms with Crippen LogP contribution in [-0.2, 0) is 6.18 Å². The molecule has 19 heavy (non-hydrogen) atoms. The number of nitrogens with two attached hydrogens (primary N) is 1. The van der Waals surface area contributed by atoms with Gasteiger partial charge in [0.1, 0.15) is 0 Å². The Labute approximate surface area is 124 Å². The van der Waals surface area contributed by atoms with Crippen LogP contribution in [0.5, 0.6) is 0 Å². The molecular weight excluding hydrogens is 365 g/mol. The third kappa shape index (κ3) is 3.28. The van der Waals surface area contributed by atoms with E-state index in [1.807, 2.05) is 0 Å². The number of halogens is 5. The topological polar surface area (TPSA) is 38.9 Å². The van der Waals surface area contributed by atoms with E-state index in [0.29, 0.717) is 31.3 Å². The maximum Gasteiger partial charge on any atom is 0.443 e. The van der Waals surface area contributed by atoms with Crippen LogP contribution in [0.1, 0.15) is 21.5 Å². The number of rotatable bonds is 2. The van der Waals surface area contributed by atoms with Gasteiger partial charge in [-0.25, -0.2) is 4.98 Å². The van der Waals surface area contributed by atoms with Gasteiger partial charge in [0.15, 0.2) is 5.01 Å². The summed E-state index contributed by atoms with van der Waals surface area (Å²) in [5.41, 5.74) is 6.61. The minimum Gasteiger partial charge on any atom is -0.320 e. The van der Waals surface area contributed by atoms with Gasteiger partial charge < -0.3 is 5.73 Å². The molecule has 2 rings (SSSR count). The summed E-state index contributed by atoms with van der Waals surface area (Å²) in [4.78, 5) is 3.70. The quantitative estimate of drug-likeness (QED) is 0.836. The molecule has 0 amide bonds. The number of hydrogen-bond acceptors (Lipinski definition) is 3. The van der Waals surface area contributed by atoms with Crippen LogP contribution < -0.4 is 5.73 Å². The normalized spacial score (nSPS) is 13.6. The van der Waals surface area contributed by atoms with Gasteiger partial charge >= 0.3 is 6.18 Å². The lowest BCUT2D eigenvalue weighted by Gasteiger charge is -2.12. The average molecular weight is 372 g/mol. The molecule has 0 spiro atoms. The molecule has 102 valence electrons. The van der Waals surface area contributed by atoms with E-state index in [9.17, 15) is 13.2 Å². The summed E-state index contributed by atoms with van der Waals surface area (Å²) in [5, 5.41) is -0.383. The second kappa shape index (κ2) is 5.40. The van der Waals surface area contributed by atoms with Gasteiger partial charge in [0.2, 0.25) is 0 Å². The fourth-order valence-corrected chi connectivity index (χ4v) is 3.20. The van der Waals surface area contributed by atoms with Gasteiger partial charge in [0.05, 0.1) is 6.04 Å². The van der Waals surface area contributed by atoms with Gasteiger partial charge in [-0.1, -0.05) is 33.6 Å². The standard InChI is InChI=1S/C11H7BrClF3N2S/c12-7-3-5(13)1-2-6(7)9(17)8-4-18-10(19-8)11(14,15)16/h1-4,9H,17H2. The lowest BCUT2D eigenvalue weighted by molar-refractivity contribution is -0.137. The van der Waals surface area contributed by atoms with Crippen molar-refractivity contribution < 1.29 is 13.2 Å². The molecule has 2 aromatic rings. The van der Waals surface area contributed by atoms with Crippen LogP contribution in [0.3, 0.4) is 0 Å². The Morgan fingerprint density at radius 3 is 2.58 bits per heavy atom.